The number of halogens is 8. The van der Waals surface area contributed by atoms with Crippen LogP contribution in [0.4, 0.5) is 50.5 Å². The van der Waals surface area contributed by atoms with Crippen LogP contribution < -0.4 is 26.3 Å². The molecule has 0 aliphatic carbocycles. The highest BCUT2D eigenvalue weighted by molar-refractivity contribution is 5.87. The number of nitrogens with zero attached hydrogens (tertiary/aromatic N) is 5. The summed E-state index contributed by atoms with van der Waals surface area (Å²) in [6, 6.07) is 10.4. The molecular weight excluding hydrogens is 1010 g/mol. The average Bonchev–Trinajstić information content (AvgIpc) is 3.61. The third-order valence-electron chi connectivity index (χ3n) is 13.9. The predicted molar refractivity (Wildman–Crippen MR) is 262 cm³/mol. The van der Waals surface area contributed by atoms with Crippen LogP contribution in [0, 0.1) is 34.3 Å². The number of benzene rings is 2. The maximum Gasteiger partial charge on any atom is 0.407 e. The third kappa shape index (κ3) is 13.8. The van der Waals surface area contributed by atoms with Gasteiger partial charge in [0.25, 0.3) is 5.91 Å². The van der Waals surface area contributed by atoms with E-state index in [1.54, 1.807) is 30.5 Å². The van der Waals surface area contributed by atoms with Crippen molar-refractivity contribution in [2.24, 2.45) is 10.8 Å². The van der Waals surface area contributed by atoms with Gasteiger partial charge in [0.2, 0.25) is 5.91 Å². The molecule has 2 aliphatic heterocycles. The van der Waals surface area contributed by atoms with E-state index in [1.165, 1.54) is 29.7 Å². The van der Waals surface area contributed by atoms with E-state index in [0.29, 0.717) is 61.5 Å². The van der Waals surface area contributed by atoms with Crippen molar-refractivity contribution in [3.05, 3.63) is 113 Å². The Balaban J connectivity index is 1.32. The molecule has 76 heavy (non-hydrogen) atoms. The van der Waals surface area contributed by atoms with Crippen molar-refractivity contribution in [2.45, 2.75) is 109 Å². The van der Waals surface area contributed by atoms with Gasteiger partial charge in [-0.05, 0) is 108 Å². The van der Waals surface area contributed by atoms with Crippen LogP contribution >= 0.6 is 0 Å². The largest absolute Gasteiger partial charge is 0.465 e. The predicted octanol–water partition coefficient (Wildman–Crippen LogP) is 6.95. The van der Waals surface area contributed by atoms with Crippen LogP contribution in [0.3, 0.4) is 0 Å². The third-order valence-corrected chi connectivity index (χ3v) is 13.9. The highest BCUT2D eigenvalue weighted by Crippen LogP contribution is 2.42. The number of hydrogen-bond acceptors (Lipinski definition) is 11. The summed E-state index contributed by atoms with van der Waals surface area (Å²) in [5.41, 5.74) is -3.44. The van der Waals surface area contributed by atoms with Gasteiger partial charge in [0.1, 0.15) is 29.5 Å². The van der Waals surface area contributed by atoms with E-state index in [4.69, 9.17) is 0 Å². The summed E-state index contributed by atoms with van der Waals surface area (Å²) in [6.07, 6.45) is -11.1. The Morgan fingerprint density at radius 3 is 1.89 bits per heavy atom. The Labute approximate surface area is 433 Å². The van der Waals surface area contributed by atoms with E-state index in [9.17, 15) is 55.7 Å². The Morgan fingerprint density at radius 2 is 1.38 bits per heavy atom. The van der Waals surface area contributed by atoms with Crippen molar-refractivity contribution in [2.75, 3.05) is 38.2 Å². The fraction of sp³-hybridized carbons (Fsp3) is 0.462. The first-order valence-electron chi connectivity index (χ1n) is 24.1. The molecule has 6 N–H and O–H groups in total. The second-order valence-corrected chi connectivity index (χ2v) is 19.7. The molecule has 2 saturated heterocycles. The molecular formula is C52H59F8N9O7. The lowest BCUT2D eigenvalue weighted by atomic mass is 9.82. The van der Waals surface area contributed by atoms with Crippen LogP contribution in [0.1, 0.15) is 69.7 Å². The second kappa shape index (κ2) is 23.8. The van der Waals surface area contributed by atoms with Crippen molar-refractivity contribution in [3.63, 3.8) is 0 Å². The van der Waals surface area contributed by atoms with Gasteiger partial charge in [-0.3, -0.25) is 24.9 Å². The Kier molecular flexibility index (Phi) is 18.2. The van der Waals surface area contributed by atoms with E-state index in [0.717, 1.165) is 57.5 Å². The minimum atomic E-state index is -5.23. The number of alkyl halides is 6. The zero-order chi connectivity index (χ0) is 55.9. The summed E-state index contributed by atoms with van der Waals surface area (Å²) < 4.78 is 123. The number of alkyl carbamates (subject to hydrolysis) is 1. The SMILES string of the molecule is CCN1C2CCC1CN(c1ccc(C#Cc3ccc(CC(NC(=O)C(NC(=O)OC)C(C)(C)C(F)(F)F)C(O)CN(Cc4c(F)cc(-c5ccccn5)cc4F)NC(=O)C(NC(=O)O)C(C)(C)C(F)(F)F)cc3)cn1)C2. The van der Waals surface area contributed by atoms with E-state index in [2.05, 4.69) is 48.6 Å². The average molecular weight is 1070 g/mol. The lowest BCUT2D eigenvalue weighted by Gasteiger charge is -2.41. The summed E-state index contributed by atoms with van der Waals surface area (Å²) in [5, 5.41) is 27.7. The summed E-state index contributed by atoms with van der Waals surface area (Å²) in [5.74, 6) is 1.17. The quantitative estimate of drug-likeness (QED) is 0.0341. The zero-order valence-electron chi connectivity index (χ0n) is 42.3. The van der Waals surface area contributed by atoms with Gasteiger partial charge >= 0.3 is 24.5 Å². The molecule has 6 rings (SSSR count). The van der Waals surface area contributed by atoms with Gasteiger partial charge in [0.05, 0.1) is 35.8 Å². The molecule has 2 aliphatic rings. The molecule has 2 aromatic heterocycles. The standard InChI is InChI=1S/C52H59F8N9O7/c1-7-69-34-18-19-35(69)27-67(26-34)42-20-17-32(25-62-42)16-13-30-11-14-31(15-12-30)22-40(63-45(71)43(65-48(75)76-6)49(2,3)51(55,56)57)41(70)29-68(66-46(72)44(64-47(73)74)50(4,5)52(58,59)60)28-36-37(53)23-33(24-38(36)54)39-10-8-9-21-61-39/h8-12,14-15,17,20-21,23-25,34-35,40-41,43-44,64,70H,7,18-19,22,26-29H2,1-6H3,(H,63,71)(H,65,75)(H,66,72)(H,73,74). The lowest BCUT2D eigenvalue weighted by Crippen LogP contribution is -2.63. The highest BCUT2D eigenvalue weighted by atomic mass is 19.4. The number of aromatic nitrogens is 2. The monoisotopic (exact) mass is 1070 g/mol. The normalized spacial score (nSPS) is 17.7. The van der Waals surface area contributed by atoms with Gasteiger partial charge in [-0.2, -0.15) is 26.3 Å². The van der Waals surface area contributed by atoms with Crippen molar-refractivity contribution >= 4 is 29.8 Å². The number of hydrazine groups is 1. The molecule has 0 radical (unpaired) electrons. The number of carbonyl (C=O) groups is 4. The number of anilines is 1. The molecule has 0 saturated carbocycles. The van der Waals surface area contributed by atoms with E-state index >= 15 is 8.78 Å². The van der Waals surface area contributed by atoms with Gasteiger partial charge < -0.3 is 35.8 Å². The Morgan fingerprint density at radius 1 is 0.803 bits per heavy atom. The number of carboxylic acid groups (broad SMARTS) is 1. The number of aliphatic hydroxyl groups excluding tert-OH is 1. The summed E-state index contributed by atoms with van der Waals surface area (Å²) in [4.78, 5) is 65.5. The number of piperazine rings is 1. The van der Waals surface area contributed by atoms with Crippen LogP contribution in [0.25, 0.3) is 11.3 Å². The first-order chi connectivity index (χ1) is 35.6. The van der Waals surface area contributed by atoms with Gasteiger partial charge in [0, 0.05) is 72.9 Å². The molecule has 410 valence electrons. The minimum Gasteiger partial charge on any atom is -0.465 e. The molecule has 24 heteroatoms. The zero-order valence-corrected chi connectivity index (χ0v) is 42.3. The number of aliphatic hydroxyl groups is 1. The number of ether oxygens (including phenoxy) is 1. The van der Waals surface area contributed by atoms with Gasteiger partial charge in [-0.25, -0.2) is 28.4 Å². The van der Waals surface area contributed by atoms with Gasteiger partial charge in [0.15, 0.2) is 0 Å². The molecule has 4 heterocycles. The molecule has 2 aromatic carbocycles. The number of nitrogens with one attached hydrogen (secondary N) is 4. The Hall–Kier alpha value is -7.10. The number of carbonyl (C=O) groups excluding carboxylic acids is 3. The molecule has 4 aromatic rings. The fourth-order valence-electron chi connectivity index (χ4n) is 9.14. The highest BCUT2D eigenvalue weighted by Gasteiger charge is 2.57. The van der Waals surface area contributed by atoms with Crippen molar-refractivity contribution < 1.29 is 69.3 Å². The summed E-state index contributed by atoms with van der Waals surface area (Å²) in [7, 11) is 0.837. The topological polar surface area (TPSA) is 202 Å². The number of rotatable bonds is 18. The molecule has 2 bridgehead atoms. The van der Waals surface area contributed by atoms with Crippen molar-refractivity contribution in [1.82, 2.24) is 41.3 Å². The van der Waals surface area contributed by atoms with Crippen LogP contribution in [-0.2, 0) is 27.3 Å². The molecule has 16 nitrogen and oxygen atoms in total. The van der Waals surface area contributed by atoms with Crippen molar-refractivity contribution in [3.8, 4) is 23.1 Å². The molecule has 2 fully saturated rings. The first kappa shape index (κ1) is 58.2. The molecule has 4 amide bonds. The molecule has 6 unspecified atom stereocenters. The summed E-state index contributed by atoms with van der Waals surface area (Å²) >= 11 is 0. The van der Waals surface area contributed by atoms with Crippen LogP contribution in [0.2, 0.25) is 0 Å². The van der Waals surface area contributed by atoms with E-state index in [-0.39, 0.29) is 11.3 Å². The number of hydrogen-bond donors (Lipinski definition) is 6. The van der Waals surface area contributed by atoms with Crippen molar-refractivity contribution in [1.29, 1.82) is 0 Å². The van der Waals surface area contributed by atoms with Crippen LogP contribution in [0.15, 0.2) is 79.1 Å². The van der Waals surface area contributed by atoms with Gasteiger partial charge in [-0.1, -0.05) is 37.0 Å². The molecule has 6 atom stereocenters. The number of amides is 4. The van der Waals surface area contributed by atoms with Crippen LogP contribution in [-0.4, -0.2) is 136 Å². The maximum atomic E-state index is 16.0. The lowest BCUT2D eigenvalue weighted by molar-refractivity contribution is -0.221. The first-order valence-corrected chi connectivity index (χ1v) is 24.1. The fourth-order valence-corrected chi connectivity index (χ4v) is 9.14. The summed E-state index contributed by atoms with van der Waals surface area (Å²) in [6.45, 7) is 5.04. The molecule has 0 spiro atoms. The second-order valence-electron chi connectivity index (χ2n) is 19.7. The Bertz CT molecular complexity index is 2720. The number of fused-ring (bicyclic) bond motifs is 2. The number of methoxy groups -OCH3 is 1. The minimum absolute atomic E-state index is 0.0432. The smallest absolute Gasteiger partial charge is 0.407 e. The van der Waals surface area contributed by atoms with Gasteiger partial charge in [-0.15, -0.1) is 0 Å². The number of pyridine rings is 2. The van der Waals surface area contributed by atoms with E-state index < -0.39 is 108 Å². The maximum absolute atomic E-state index is 16.0. The number of likely N-dealkylation sites (N-methyl/N-ethyl adjacent to an activating group) is 1. The van der Waals surface area contributed by atoms with E-state index in [1.807, 2.05) is 22.9 Å². The van der Waals surface area contributed by atoms with Crippen LogP contribution in [0.5, 0.6) is 0 Å².